The Morgan fingerprint density at radius 3 is 2.29 bits per heavy atom. The standard InChI is InChI=1S/C5H11O.Sc/c1-5(2)3-4-6;/h5H,3-4H2,1-2H3;/q-1;+1. The van der Waals surface area contributed by atoms with Crippen LogP contribution in [0.2, 0.25) is 0 Å². The molecule has 0 aromatic carbocycles. The molecule has 0 fully saturated rings. The summed E-state index contributed by atoms with van der Waals surface area (Å²) in [6.45, 7) is 5.33. The van der Waals surface area contributed by atoms with Crippen LogP contribution in [-0.4, -0.2) is 6.61 Å². The third kappa shape index (κ3) is 6.83. The zero-order valence-corrected chi connectivity index (χ0v) is 6.78. The van der Waals surface area contributed by atoms with Crippen LogP contribution in [0.3, 0.4) is 0 Å². The second kappa shape index (κ2) is 4.98. The van der Waals surface area contributed by atoms with E-state index in [1.54, 1.807) is 0 Å². The fourth-order valence-electron chi connectivity index (χ4n) is 0.304. The summed E-state index contributed by atoms with van der Waals surface area (Å²) in [5.41, 5.74) is 0. The SMILES string of the molecule is CC(C)CC[O][Sc]. The van der Waals surface area contributed by atoms with E-state index < -0.39 is 0 Å². The molecular weight excluding hydrogens is 121 g/mol. The molecule has 0 saturated carbocycles. The molecule has 0 atom stereocenters. The summed E-state index contributed by atoms with van der Waals surface area (Å²) >= 11 is 1.36. The summed E-state index contributed by atoms with van der Waals surface area (Å²) < 4.78 is 4.92. The van der Waals surface area contributed by atoms with Gasteiger partial charge in [-0.3, -0.25) is 0 Å². The van der Waals surface area contributed by atoms with Gasteiger partial charge in [-0.05, 0) is 0 Å². The van der Waals surface area contributed by atoms with Crippen molar-refractivity contribution in [2.75, 3.05) is 6.61 Å². The molecule has 0 aromatic heterocycles. The van der Waals surface area contributed by atoms with Gasteiger partial charge in [-0.1, -0.05) is 0 Å². The Kier molecular flexibility index (Phi) is 5.57. The molecule has 0 saturated heterocycles. The van der Waals surface area contributed by atoms with Gasteiger partial charge in [0.1, 0.15) is 0 Å². The topological polar surface area (TPSA) is 9.23 Å². The van der Waals surface area contributed by atoms with E-state index in [-0.39, 0.29) is 0 Å². The molecule has 0 radical (unpaired) electrons. The zero-order chi connectivity index (χ0) is 5.70. The van der Waals surface area contributed by atoms with E-state index in [1.165, 1.54) is 31.2 Å². The Hall–Kier alpha value is 0.830. The van der Waals surface area contributed by atoms with Crippen LogP contribution >= 0.6 is 0 Å². The Labute approximate surface area is 60.6 Å². The van der Waals surface area contributed by atoms with Gasteiger partial charge in [0.2, 0.25) is 0 Å². The molecule has 0 rings (SSSR count). The van der Waals surface area contributed by atoms with Gasteiger partial charge in [-0.15, -0.1) is 0 Å². The van der Waals surface area contributed by atoms with Crippen LogP contribution in [-0.2, 0) is 27.7 Å². The van der Waals surface area contributed by atoms with Crippen molar-refractivity contribution in [2.24, 2.45) is 5.92 Å². The average Bonchev–Trinajstić information content (AvgIpc) is 1.61. The predicted octanol–water partition coefficient (Wildman–Crippen LogP) is 1.51. The molecule has 7 heavy (non-hydrogen) atoms. The van der Waals surface area contributed by atoms with Gasteiger partial charge >= 0.3 is 60.5 Å². The molecule has 0 heterocycles. The van der Waals surface area contributed by atoms with Crippen molar-refractivity contribution < 1.29 is 27.7 Å². The van der Waals surface area contributed by atoms with Crippen molar-refractivity contribution in [3.05, 3.63) is 0 Å². The first kappa shape index (κ1) is 7.83. The van der Waals surface area contributed by atoms with Crippen LogP contribution in [0.4, 0.5) is 0 Å². The molecule has 0 bridgehead atoms. The van der Waals surface area contributed by atoms with Crippen molar-refractivity contribution in [3.8, 4) is 0 Å². The molecule has 0 aliphatic carbocycles. The van der Waals surface area contributed by atoms with E-state index in [2.05, 4.69) is 13.8 Å². The number of hydrogen-bond donors (Lipinski definition) is 0. The van der Waals surface area contributed by atoms with E-state index >= 15 is 0 Å². The van der Waals surface area contributed by atoms with Gasteiger partial charge in [0.05, 0.1) is 0 Å². The minimum absolute atomic E-state index is 0.788. The molecule has 0 N–H and O–H groups in total. The Bertz CT molecular complexity index is 37.1. The third-order valence-corrected chi connectivity index (χ3v) is 1.18. The third-order valence-electron chi connectivity index (χ3n) is 0.813. The van der Waals surface area contributed by atoms with E-state index in [4.69, 9.17) is 2.85 Å². The summed E-state index contributed by atoms with van der Waals surface area (Å²) in [5.74, 6) is 0.788. The summed E-state index contributed by atoms with van der Waals surface area (Å²) in [5, 5.41) is 0. The van der Waals surface area contributed by atoms with E-state index in [0.29, 0.717) is 0 Å². The second-order valence-electron chi connectivity index (χ2n) is 2.05. The monoisotopic (exact) mass is 132 g/mol. The molecule has 0 aliphatic rings. The van der Waals surface area contributed by atoms with Gasteiger partial charge in [0.25, 0.3) is 0 Å². The maximum absolute atomic E-state index is 4.92. The summed E-state index contributed by atoms with van der Waals surface area (Å²) in [7, 11) is 0. The van der Waals surface area contributed by atoms with Crippen LogP contribution < -0.4 is 0 Å². The van der Waals surface area contributed by atoms with Gasteiger partial charge in [0, 0.05) is 0 Å². The predicted molar refractivity (Wildman–Crippen MR) is 25.4 cm³/mol. The van der Waals surface area contributed by atoms with Crippen molar-refractivity contribution in [1.82, 2.24) is 0 Å². The van der Waals surface area contributed by atoms with Crippen molar-refractivity contribution in [2.45, 2.75) is 20.3 Å². The first-order valence-electron chi connectivity index (χ1n) is 2.59. The minimum atomic E-state index is 0.788. The van der Waals surface area contributed by atoms with Crippen LogP contribution in [0, 0.1) is 5.92 Å². The fraction of sp³-hybridized carbons (Fsp3) is 1.00. The quantitative estimate of drug-likeness (QED) is 0.565. The molecule has 0 aliphatic heterocycles. The number of hydrogen-bond acceptors (Lipinski definition) is 1. The second-order valence-corrected chi connectivity index (χ2v) is 2.57. The Morgan fingerprint density at radius 2 is 2.14 bits per heavy atom. The molecule has 40 valence electrons. The average molecular weight is 132 g/mol. The van der Waals surface area contributed by atoms with Crippen LogP contribution in [0.15, 0.2) is 0 Å². The van der Waals surface area contributed by atoms with Gasteiger partial charge in [0.15, 0.2) is 0 Å². The Morgan fingerprint density at radius 1 is 1.57 bits per heavy atom. The molecule has 0 spiro atoms. The summed E-state index contributed by atoms with van der Waals surface area (Å²) in [6, 6.07) is 0. The van der Waals surface area contributed by atoms with Crippen molar-refractivity contribution >= 4 is 0 Å². The maximum atomic E-state index is 4.92. The van der Waals surface area contributed by atoms with Gasteiger partial charge in [-0.2, -0.15) is 0 Å². The van der Waals surface area contributed by atoms with E-state index in [9.17, 15) is 0 Å². The van der Waals surface area contributed by atoms with Crippen LogP contribution in [0.1, 0.15) is 20.3 Å². The van der Waals surface area contributed by atoms with Crippen molar-refractivity contribution in [1.29, 1.82) is 0 Å². The fourth-order valence-corrected chi connectivity index (χ4v) is 0.516. The summed E-state index contributed by atoms with van der Waals surface area (Å²) in [6.07, 6.45) is 1.19. The molecule has 2 heteroatoms. The first-order chi connectivity index (χ1) is 3.27. The van der Waals surface area contributed by atoms with Crippen LogP contribution in [0.5, 0.6) is 0 Å². The number of rotatable bonds is 3. The summed E-state index contributed by atoms with van der Waals surface area (Å²) in [4.78, 5) is 0. The van der Waals surface area contributed by atoms with Crippen molar-refractivity contribution in [3.63, 3.8) is 0 Å². The van der Waals surface area contributed by atoms with Gasteiger partial charge < -0.3 is 0 Å². The van der Waals surface area contributed by atoms with Gasteiger partial charge in [-0.25, -0.2) is 0 Å². The molecule has 1 nitrogen and oxygen atoms in total. The van der Waals surface area contributed by atoms with Crippen LogP contribution in [0.25, 0.3) is 0 Å². The van der Waals surface area contributed by atoms with E-state index in [0.717, 1.165) is 12.5 Å². The molecule has 0 amide bonds. The first-order valence-corrected chi connectivity index (χ1v) is 3.32. The Balaban J connectivity index is 2.68. The van der Waals surface area contributed by atoms with E-state index in [1.807, 2.05) is 0 Å². The molecule has 0 aromatic rings. The molecule has 0 unspecified atom stereocenters. The molecular formula is C5H11OSc. The zero-order valence-electron chi connectivity index (χ0n) is 4.98. The normalized spacial score (nSPS) is 10.0.